The lowest BCUT2D eigenvalue weighted by Gasteiger charge is -2.40. The first kappa shape index (κ1) is 15.8. The molecule has 0 spiro atoms. The number of benzene rings is 1. The predicted octanol–water partition coefficient (Wildman–Crippen LogP) is 1.38. The number of rotatable bonds is 6. The van der Waals surface area contributed by atoms with Gasteiger partial charge in [0, 0.05) is 32.6 Å². The van der Waals surface area contributed by atoms with Gasteiger partial charge in [0.2, 0.25) is 0 Å². The Morgan fingerprint density at radius 3 is 2.48 bits per heavy atom. The zero-order valence-corrected chi connectivity index (χ0v) is 12.8. The molecule has 21 heavy (non-hydrogen) atoms. The molecule has 1 aromatic rings. The van der Waals surface area contributed by atoms with Crippen molar-refractivity contribution in [2.45, 2.75) is 25.8 Å². The largest absolute Gasteiger partial charge is 0.494 e. The fraction of sp³-hybridized carbons (Fsp3) is 0.562. The van der Waals surface area contributed by atoms with Crippen molar-refractivity contribution in [2.24, 2.45) is 0 Å². The summed E-state index contributed by atoms with van der Waals surface area (Å²) in [7, 11) is 0. The molecule has 2 N–H and O–H groups in total. The van der Waals surface area contributed by atoms with Crippen LogP contribution in [0.15, 0.2) is 24.3 Å². The number of aliphatic carboxylic acids is 1. The number of hydrogen-bond acceptors (Lipinski definition) is 4. The maximum Gasteiger partial charge on any atom is 0.324 e. The van der Waals surface area contributed by atoms with Gasteiger partial charge in [0.05, 0.1) is 6.61 Å². The minimum absolute atomic E-state index is 0.495. The van der Waals surface area contributed by atoms with Crippen LogP contribution in [0, 0.1) is 0 Å². The van der Waals surface area contributed by atoms with E-state index in [1.165, 1.54) is 0 Å². The molecule has 5 heteroatoms. The summed E-state index contributed by atoms with van der Waals surface area (Å²) in [5.41, 5.74) is 0.150. The Morgan fingerprint density at radius 2 is 1.95 bits per heavy atom. The number of ether oxygens (including phenoxy) is 1. The van der Waals surface area contributed by atoms with E-state index >= 15 is 0 Å². The van der Waals surface area contributed by atoms with E-state index in [9.17, 15) is 9.90 Å². The Balaban J connectivity index is 2.13. The Labute approximate surface area is 125 Å². The molecule has 1 aliphatic heterocycles. The number of carboxylic acid groups (broad SMARTS) is 1. The van der Waals surface area contributed by atoms with Gasteiger partial charge >= 0.3 is 5.97 Å². The molecule has 0 saturated carbocycles. The smallest absolute Gasteiger partial charge is 0.324 e. The lowest BCUT2D eigenvalue weighted by Crippen LogP contribution is -2.59. The van der Waals surface area contributed by atoms with Crippen LogP contribution < -0.4 is 10.1 Å². The van der Waals surface area contributed by atoms with E-state index in [1.807, 2.05) is 38.1 Å². The molecule has 1 saturated heterocycles. The van der Waals surface area contributed by atoms with E-state index in [1.54, 1.807) is 0 Å². The maximum absolute atomic E-state index is 11.8. The molecule has 2 rings (SSSR count). The molecule has 1 aliphatic rings. The summed E-state index contributed by atoms with van der Waals surface area (Å²) in [6, 6.07) is 7.71. The molecule has 1 fully saturated rings. The van der Waals surface area contributed by atoms with E-state index in [0.29, 0.717) is 13.0 Å². The minimum atomic E-state index is -0.866. The summed E-state index contributed by atoms with van der Waals surface area (Å²) in [6.45, 7) is 7.60. The lowest BCUT2D eigenvalue weighted by atomic mass is 9.90. The molecule has 1 atom stereocenters. The second-order valence-corrected chi connectivity index (χ2v) is 5.57. The molecular weight excluding hydrogens is 268 g/mol. The van der Waals surface area contributed by atoms with Crippen LogP contribution in [0.3, 0.4) is 0 Å². The first-order valence-corrected chi connectivity index (χ1v) is 7.47. The molecular formula is C16H24N2O3. The van der Waals surface area contributed by atoms with E-state index in [2.05, 4.69) is 10.2 Å². The number of carbonyl (C=O) groups is 1. The van der Waals surface area contributed by atoms with Gasteiger partial charge in [0.15, 0.2) is 0 Å². The third kappa shape index (κ3) is 3.74. The molecule has 116 valence electrons. The van der Waals surface area contributed by atoms with Crippen LogP contribution in [0.25, 0.3) is 0 Å². The lowest BCUT2D eigenvalue weighted by molar-refractivity contribution is -0.151. The summed E-state index contributed by atoms with van der Waals surface area (Å²) in [6.07, 6.45) is 0.495. The van der Waals surface area contributed by atoms with E-state index in [-0.39, 0.29) is 0 Å². The van der Waals surface area contributed by atoms with Gasteiger partial charge in [-0.05, 0) is 31.5 Å². The minimum Gasteiger partial charge on any atom is -0.494 e. The number of nitrogens with one attached hydrogen (secondary N) is 1. The fourth-order valence-corrected chi connectivity index (χ4v) is 2.75. The van der Waals surface area contributed by atoms with E-state index in [4.69, 9.17) is 4.74 Å². The molecule has 0 amide bonds. The molecule has 1 unspecified atom stereocenters. The van der Waals surface area contributed by atoms with Crippen LogP contribution >= 0.6 is 0 Å². The summed E-state index contributed by atoms with van der Waals surface area (Å²) >= 11 is 0. The van der Waals surface area contributed by atoms with Crippen molar-refractivity contribution in [1.82, 2.24) is 10.2 Å². The van der Waals surface area contributed by atoms with Gasteiger partial charge in [-0.3, -0.25) is 9.69 Å². The second kappa shape index (κ2) is 6.91. The average Bonchev–Trinajstić information content (AvgIpc) is 2.50. The van der Waals surface area contributed by atoms with Crippen molar-refractivity contribution in [3.05, 3.63) is 29.8 Å². The van der Waals surface area contributed by atoms with Gasteiger partial charge in [-0.15, -0.1) is 0 Å². The molecule has 5 nitrogen and oxygen atoms in total. The first-order valence-electron chi connectivity index (χ1n) is 7.47. The van der Waals surface area contributed by atoms with Crippen molar-refractivity contribution >= 4 is 5.97 Å². The van der Waals surface area contributed by atoms with Crippen LogP contribution in [0.4, 0.5) is 0 Å². The summed E-state index contributed by atoms with van der Waals surface area (Å²) in [5.74, 6) is 0.0544. The van der Waals surface area contributed by atoms with Crippen molar-refractivity contribution < 1.29 is 14.6 Å². The fourth-order valence-electron chi connectivity index (χ4n) is 2.75. The van der Waals surface area contributed by atoms with Gasteiger partial charge in [-0.25, -0.2) is 0 Å². The Hall–Kier alpha value is -1.59. The summed E-state index contributed by atoms with van der Waals surface area (Å²) in [4.78, 5) is 13.9. The maximum atomic E-state index is 11.8. The Kier molecular flexibility index (Phi) is 5.20. The number of carboxylic acids is 1. The normalized spacial score (nSPS) is 19.0. The quantitative estimate of drug-likeness (QED) is 0.829. The number of piperazine rings is 1. The molecule has 0 aliphatic carbocycles. The topological polar surface area (TPSA) is 61.8 Å². The van der Waals surface area contributed by atoms with Crippen LogP contribution in [-0.2, 0) is 11.2 Å². The van der Waals surface area contributed by atoms with Crippen LogP contribution in [0.1, 0.15) is 19.4 Å². The van der Waals surface area contributed by atoms with Gasteiger partial charge in [-0.1, -0.05) is 12.1 Å². The summed E-state index contributed by atoms with van der Waals surface area (Å²) < 4.78 is 5.42. The van der Waals surface area contributed by atoms with Crippen LogP contribution in [0.5, 0.6) is 5.75 Å². The predicted molar refractivity (Wildman–Crippen MR) is 81.8 cm³/mol. The van der Waals surface area contributed by atoms with Gasteiger partial charge in [0.25, 0.3) is 0 Å². The molecule has 1 aromatic carbocycles. The van der Waals surface area contributed by atoms with E-state index in [0.717, 1.165) is 37.5 Å². The van der Waals surface area contributed by atoms with Gasteiger partial charge in [0.1, 0.15) is 11.3 Å². The highest BCUT2D eigenvalue weighted by molar-refractivity contribution is 5.78. The third-order valence-corrected chi connectivity index (χ3v) is 4.06. The van der Waals surface area contributed by atoms with Gasteiger partial charge < -0.3 is 15.2 Å². The molecule has 0 aromatic heterocycles. The first-order chi connectivity index (χ1) is 10.1. The van der Waals surface area contributed by atoms with Crippen LogP contribution in [0.2, 0.25) is 0 Å². The molecule has 0 radical (unpaired) electrons. The van der Waals surface area contributed by atoms with E-state index < -0.39 is 11.5 Å². The molecule has 1 heterocycles. The standard InChI is InChI=1S/C16H24N2O3/c1-3-21-14-6-4-13(5-7-14)12-16(2,15(19)20)18-10-8-17-9-11-18/h4-7,17H,3,8-12H2,1-2H3,(H,19,20). The number of hydrogen-bond donors (Lipinski definition) is 2. The van der Waals surface area contributed by atoms with Crippen molar-refractivity contribution in [3.8, 4) is 5.75 Å². The average molecular weight is 292 g/mol. The number of nitrogens with zero attached hydrogens (tertiary/aromatic N) is 1. The highest BCUT2D eigenvalue weighted by atomic mass is 16.5. The third-order valence-electron chi connectivity index (χ3n) is 4.06. The monoisotopic (exact) mass is 292 g/mol. The Bertz CT molecular complexity index is 469. The van der Waals surface area contributed by atoms with Gasteiger partial charge in [-0.2, -0.15) is 0 Å². The zero-order chi connectivity index (χ0) is 15.3. The van der Waals surface area contributed by atoms with Crippen molar-refractivity contribution in [2.75, 3.05) is 32.8 Å². The van der Waals surface area contributed by atoms with Crippen molar-refractivity contribution in [3.63, 3.8) is 0 Å². The Morgan fingerprint density at radius 1 is 1.33 bits per heavy atom. The SMILES string of the molecule is CCOc1ccc(CC(C)(C(=O)O)N2CCNCC2)cc1. The second-order valence-electron chi connectivity index (χ2n) is 5.57. The highest BCUT2D eigenvalue weighted by Crippen LogP contribution is 2.23. The van der Waals surface area contributed by atoms with Crippen molar-refractivity contribution in [1.29, 1.82) is 0 Å². The summed E-state index contributed by atoms with van der Waals surface area (Å²) in [5, 5.41) is 13.0. The zero-order valence-electron chi connectivity index (χ0n) is 12.8. The molecule has 0 bridgehead atoms. The van der Waals surface area contributed by atoms with Crippen LogP contribution in [-0.4, -0.2) is 54.3 Å². The highest BCUT2D eigenvalue weighted by Gasteiger charge is 2.40.